The van der Waals surface area contributed by atoms with Crippen LogP contribution >= 0.6 is 0 Å². The van der Waals surface area contributed by atoms with Crippen molar-refractivity contribution in [1.29, 1.82) is 0 Å². The minimum Gasteiger partial charge on any atom is -0.372 e. The second-order valence-electron chi connectivity index (χ2n) is 6.94. The van der Waals surface area contributed by atoms with E-state index in [2.05, 4.69) is 24.1 Å². The van der Waals surface area contributed by atoms with Gasteiger partial charge in [0.2, 0.25) is 5.91 Å². The molecule has 154 valence electrons. The first kappa shape index (κ1) is 20.9. The summed E-state index contributed by atoms with van der Waals surface area (Å²) in [6.07, 6.45) is 0. The summed E-state index contributed by atoms with van der Waals surface area (Å²) in [5.74, 6) is -1.25. The summed E-state index contributed by atoms with van der Waals surface area (Å²) < 4.78 is 26.2. The van der Waals surface area contributed by atoms with E-state index in [9.17, 15) is 18.0 Å². The molecule has 0 unspecified atom stereocenters. The van der Waals surface area contributed by atoms with Crippen LogP contribution in [0.3, 0.4) is 0 Å². The molecular formula is C21H25N3O4S. The summed E-state index contributed by atoms with van der Waals surface area (Å²) >= 11 is 0. The minimum absolute atomic E-state index is 0.0654. The number of nitrogens with one attached hydrogen (secondary N) is 1. The van der Waals surface area contributed by atoms with Crippen LogP contribution in [0.15, 0.2) is 47.4 Å². The van der Waals surface area contributed by atoms with Gasteiger partial charge in [0.1, 0.15) is 10.9 Å². The SMILES string of the molecule is CCN(CC)c1ccc(NC(=O)[C@H](C)N2C(=O)c3ccccc3S2(=O)=O)c(C)c1. The molecular weight excluding hydrogens is 390 g/mol. The molecule has 0 aliphatic carbocycles. The fourth-order valence-corrected chi connectivity index (χ4v) is 5.23. The number of nitrogens with zero attached hydrogens (tertiary/aromatic N) is 2. The molecule has 0 fully saturated rings. The molecule has 1 aliphatic rings. The number of anilines is 2. The maximum absolute atomic E-state index is 12.8. The van der Waals surface area contributed by atoms with E-state index in [0.29, 0.717) is 9.99 Å². The van der Waals surface area contributed by atoms with Crippen LogP contribution in [0.5, 0.6) is 0 Å². The number of fused-ring (bicyclic) bond motifs is 1. The Morgan fingerprint density at radius 1 is 1.14 bits per heavy atom. The van der Waals surface area contributed by atoms with Gasteiger partial charge in [0.05, 0.1) is 5.56 Å². The van der Waals surface area contributed by atoms with Crippen molar-refractivity contribution in [3.63, 3.8) is 0 Å². The zero-order valence-electron chi connectivity index (χ0n) is 17.0. The molecule has 8 heteroatoms. The smallest absolute Gasteiger partial charge is 0.269 e. The van der Waals surface area contributed by atoms with E-state index in [0.717, 1.165) is 24.3 Å². The van der Waals surface area contributed by atoms with E-state index < -0.39 is 27.9 Å². The van der Waals surface area contributed by atoms with E-state index in [-0.39, 0.29) is 10.5 Å². The van der Waals surface area contributed by atoms with Crippen molar-refractivity contribution in [2.24, 2.45) is 0 Å². The quantitative estimate of drug-likeness (QED) is 0.784. The topological polar surface area (TPSA) is 86.8 Å². The van der Waals surface area contributed by atoms with Crippen molar-refractivity contribution in [2.45, 2.75) is 38.6 Å². The number of aryl methyl sites for hydroxylation is 1. The Labute approximate surface area is 171 Å². The van der Waals surface area contributed by atoms with Gasteiger partial charge < -0.3 is 10.2 Å². The molecule has 0 spiro atoms. The first-order valence-electron chi connectivity index (χ1n) is 9.56. The van der Waals surface area contributed by atoms with Crippen LogP contribution in [0.2, 0.25) is 0 Å². The third-order valence-corrected chi connectivity index (χ3v) is 7.09. The third-order valence-electron chi connectivity index (χ3n) is 5.18. The largest absolute Gasteiger partial charge is 0.372 e. The molecule has 1 aliphatic heterocycles. The van der Waals surface area contributed by atoms with E-state index in [1.54, 1.807) is 18.2 Å². The predicted molar refractivity (Wildman–Crippen MR) is 113 cm³/mol. The van der Waals surface area contributed by atoms with Gasteiger partial charge in [-0.2, -0.15) is 0 Å². The predicted octanol–water partition coefficient (Wildman–Crippen LogP) is 3.01. The van der Waals surface area contributed by atoms with Gasteiger partial charge in [-0.25, -0.2) is 12.7 Å². The fraction of sp³-hybridized carbons (Fsp3) is 0.333. The second kappa shape index (κ2) is 7.87. The molecule has 1 heterocycles. The zero-order valence-corrected chi connectivity index (χ0v) is 17.8. The standard InChI is InChI=1S/C21H25N3O4S/c1-5-23(6-2)16-11-12-18(14(3)13-16)22-20(25)15(4)24-21(26)17-9-7-8-10-19(17)29(24,27)28/h7-13,15H,5-6H2,1-4H3,(H,22,25)/t15-/m0/s1. The molecule has 1 atom stereocenters. The molecule has 3 rings (SSSR count). The van der Waals surface area contributed by atoms with Crippen LogP contribution in [-0.4, -0.2) is 43.7 Å². The molecule has 0 aromatic heterocycles. The average Bonchev–Trinajstić information content (AvgIpc) is 2.90. The molecule has 0 saturated heterocycles. The van der Waals surface area contributed by atoms with E-state index in [4.69, 9.17) is 0 Å². The summed E-state index contributed by atoms with van der Waals surface area (Å²) in [4.78, 5) is 27.5. The summed E-state index contributed by atoms with van der Waals surface area (Å²) in [6, 6.07) is 10.5. The maximum Gasteiger partial charge on any atom is 0.269 e. The van der Waals surface area contributed by atoms with Gasteiger partial charge in [-0.1, -0.05) is 12.1 Å². The Hall–Kier alpha value is -2.87. The van der Waals surface area contributed by atoms with Crippen LogP contribution in [0, 0.1) is 6.92 Å². The van der Waals surface area contributed by atoms with E-state index in [1.165, 1.54) is 19.1 Å². The maximum atomic E-state index is 12.8. The number of hydrogen-bond donors (Lipinski definition) is 1. The van der Waals surface area contributed by atoms with Gasteiger partial charge in [-0.15, -0.1) is 0 Å². The van der Waals surface area contributed by atoms with Gasteiger partial charge in [-0.05, 0) is 63.6 Å². The Kier molecular flexibility index (Phi) is 5.66. The van der Waals surface area contributed by atoms with Crippen LogP contribution in [0.4, 0.5) is 11.4 Å². The number of carbonyl (C=O) groups is 2. The van der Waals surface area contributed by atoms with Crippen molar-refractivity contribution in [1.82, 2.24) is 4.31 Å². The van der Waals surface area contributed by atoms with Crippen molar-refractivity contribution >= 4 is 33.2 Å². The molecule has 7 nitrogen and oxygen atoms in total. The lowest BCUT2D eigenvalue weighted by atomic mass is 10.1. The molecule has 0 radical (unpaired) electrons. The highest BCUT2D eigenvalue weighted by atomic mass is 32.2. The molecule has 2 aromatic rings. The third kappa shape index (κ3) is 3.60. The monoisotopic (exact) mass is 415 g/mol. The zero-order chi connectivity index (χ0) is 21.3. The Balaban J connectivity index is 1.83. The van der Waals surface area contributed by atoms with Crippen molar-refractivity contribution in [3.8, 4) is 0 Å². The number of amides is 2. The lowest BCUT2D eigenvalue weighted by Gasteiger charge is -2.24. The number of carbonyl (C=O) groups excluding carboxylic acids is 2. The molecule has 2 amide bonds. The molecule has 0 bridgehead atoms. The number of sulfonamides is 1. The van der Waals surface area contributed by atoms with Gasteiger partial charge >= 0.3 is 0 Å². The first-order chi connectivity index (χ1) is 13.7. The summed E-state index contributed by atoms with van der Waals surface area (Å²) in [5.41, 5.74) is 2.58. The number of rotatable bonds is 6. The van der Waals surface area contributed by atoms with Gasteiger partial charge in [-0.3, -0.25) is 9.59 Å². The Morgan fingerprint density at radius 2 is 1.79 bits per heavy atom. The van der Waals surface area contributed by atoms with E-state index in [1.807, 2.05) is 19.1 Å². The Bertz CT molecular complexity index is 1060. The highest BCUT2D eigenvalue weighted by Crippen LogP contribution is 2.32. The lowest BCUT2D eigenvalue weighted by Crippen LogP contribution is -2.45. The summed E-state index contributed by atoms with van der Waals surface area (Å²) in [7, 11) is -4.05. The minimum atomic E-state index is -4.05. The molecule has 29 heavy (non-hydrogen) atoms. The first-order valence-corrected chi connectivity index (χ1v) is 11.0. The van der Waals surface area contributed by atoms with Crippen LogP contribution in [0.25, 0.3) is 0 Å². The van der Waals surface area contributed by atoms with Crippen LogP contribution in [0.1, 0.15) is 36.7 Å². The molecule has 2 aromatic carbocycles. The average molecular weight is 416 g/mol. The highest BCUT2D eigenvalue weighted by Gasteiger charge is 2.45. The fourth-order valence-electron chi connectivity index (χ4n) is 3.50. The number of benzene rings is 2. The Morgan fingerprint density at radius 3 is 2.38 bits per heavy atom. The van der Waals surface area contributed by atoms with E-state index >= 15 is 0 Å². The summed E-state index contributed by atoms with van der Waals surface area (Å²) in [5, 5.41) is 2.76. The summed E-state index contributed by atoms with van der Waals surface area (Å²) in [6.45, 7) is 9.17. The van der Waals surface area contributed by atoms with Gasteiger partial charge in [0.15, 0.2) is 0 Å². The van der Waals surface area contributed by atoms with Crippen LogP contribution < -0.4 is 10.2 Å². The second-order valence-corrected chi connectivity index (χ2v) is 8.72. The van der Waals surface area contributed by atoms with Gasteiger partial charge in [0, 0.05) is 24.5 Å². The normalized spacial score (nSPS) is 15.7. The molecule has 1 N–H and O–H groups in total. The van der Waals surface area contributed by atoms with Gasteiger partial charge in [0.25, 0.3) is 15.9 Å². The van der Waals surface area contributed by atoms with Crippen molar-refractivity contribution in [3.05, 3.63) is 53.6 Å². The molecule has 0 saturated carbocycles. The van der Waals surface area contributed by atoms with Crippen LogP contribution in [-0.2, 0) is 14.8 Å². The number of hydrogen-bond acceptors (Lipinski definition) is 5. The highest BCUT2D eigenvalue weighted by molar-refractivity contribution is 7.90. The van der Waals surface area contributed by atoms with Crippen molar-refractivity contribution in [2.75, 3.05) is 23.3 Å². The van der Waals surface area contributed by atoms with Crippen molar-refractivity contribution < 1.29 is 18.0 Å². The lowest BCUT2D eigenvalue weighted by molar-refractivity contribution is -0.118.